The molecule has 0 saturated heterocycles. The molecule has 1 aromatic heterocycles. The molecule has 6 nitrogen and oxygen atoms in total. The van der Waals surface area contributed by atoms with E-state index < -0.39 is 29.8 Å². The summed E-state index contributed by atoms with van der Waals surface area (Å²) in [5.74, 6) is -3.81. The standard InChI is InChI=1S/C32H36ClF4N3O3/c1-40(31(42)39-19-23-5-3-7-28(35)30(23)33)27(6-2-4-21-12-14-32(36,37)15-13-21)20-43-29(41)11-10-26-17-24-16-25(34)9-8-22(24)18-38-26/h3,5,7-9,16-18,21,27H,2,4,6,10-15,19-20H2,1H3,(H,39,42)/t27-/m0/s1. The number of hydrogen-bond donors (Lipinski definition) is 1. The normalized spacial score (nSPS) is 15.7. The van der Waals surface area contributed by atoms with Crippen LogP contribution in [0.15, 0.2) is 48.7 Å². The van der Waals surface area contributed by atoms with Crippen molar-refractivity contribution in [3.8, 4) is 0 Å². The lowest BCUT2D eigenvalue weighted by molar-refractivity contribution is -0.145. The first-order chi connectivity index (χ1) is 20.5. The molecule has 1 N–H and O–H groups in total. The van der Waals surface area contributed by atoms with Gasteiger partial charge in [0.2, 0.25) is 5.92 Å². The first-order valence-electron chi connectivity index (χ1n) is 14.5. The maximum absolute atomic E-state index is 13.8. The third kappa shape index (κ3) is 9.55. The molecule has 0 bridgehead atoms. The summed E-state index contributed by atoms with van der Waals surface area (Å²) < 4.78 is 60.0. The number of aryl methyl sites for hydroxylation is 1. The van der Waals surface area contributed by atoms with E-state index in [4.69, 9.17) is 16.3 Å². The van der Waals surface area contributed by atoms with Crippen LogP contribution in [-0.2, 0) is 22.5 Å². The molecule has 1 fully saturated rings. The Morgan fingerprint density at radius 2 is 1.91 bits per heavy atom. The van der Waals surface area contributed by atoms with Crippen molar-refractivity contribution in [2.24, 2.45) is 5.92 Å². The van der Waals surface area contributed by atoms with Gasteiger partial charge < -0.3 is 15.0 Å². The van der Waals surface area contributed by atoms with Crippen LogP contribution in [0.3, 0.4) is 0 Å². The number of carbonyl (C=O) groups excluding carboxylic acids is 2. The number of alkyl halides is 2. The molecule has 1 atom stereocenters. The predicted molar refractivity (Wildman–Crippen MR) is 157 cm³/mol. The summed E-state index contributed by atoms with van der Waals surface area (Å²) in [5.41, 5.74) is 1.04. The number of nitrogens with one attached hydrogen (secondary N) is 1. The van der Waals surface area contributed by atoms with Gasteiger partial charge in [0.05, 0.1) is 17.5 Å². The quantitative estimate of drug-likeness (QED) is 0.165. The molecular formula is C32H36ClF4N3O3. The maximum atomic E-state index is 13.8. The van der Waals surface area contributed by atoms with Gasteiger partial charge in [-0.1, -0.05) is 36.6 Å². The Hall–Kier alpha value is -3.40. The Morgan fingerprint density at radius 1 is 1.14 bits per heavy atom. The minimum Gasteiger partial charge on any atom is -0.463 e. The van der Waals surface area contributed by atoms with Gasteiger partial charge in [-0.2, -0.15) is 0 Å². The second-order valence-electron chi connectivity index (χ2n) is 11.2. The first kappa shape index (κ1) is 32.5. The van der Waals surface area contributed by atoms with E-state index in [1.54, 1.807) is 31.4 Å². The van der Waals surface area contributed by atoms with Gasteiger partial charge in [0.1, 0.15) is 18.2 Å². The zero-order valence-corrected chi connectivity index (χ0v) is 24.8. The fourth-order valence-corrected chi connectivity index (χ4v) is 5.54. The lowest BCUT2D eigenvalue weighted by Gasteiger charge is -2.30. The summed E-state index contributed by atoms with van der Waals surface area (Å²) in [6, 6.07) is 9.56. The topological polar surface area (TPSA) is 71.5 Å². The number of urea groups is 1. The third-order valence-electron chi connectivity index (χ3n) is 8.08. The molecule has 1 heterocycles. The van der Waals surface area contributed by atoms with E-state index in [1.165, 1.54) is 29.2 Å². The molecule has 1 aliphatic rings. The number of pyridine rings is 1. The third-order valence-corrected chi connectivity index (χ3v) is 8.50. The predicted octanol–water partition coefficient (Wildman–Crippen LogP) is 7.85. The molecule has 232 valence electrons. The van der Waals surface area contributed by atoms with Gasteiger partial charge in [-0.3, -0.25) is 9.78 Å². The molecule has 2 aromatic carbocycles. The Kier molecular flexibility index (Phi) is 11.2. The molecular weight excluding hydrogens is 586 g/mol. The highest BCUT2D eigenvalue weighted by atomic mass is 35.5. The number of halogens is 5. The highest BCUT2D eigenvalue weighted by Gasteiger charge is 2.34. The second-order valence-corrected chi connectivity index (χ2v) is 11.6. The van der Waals surface area contributed by atoms with Gasteiger partial charge in [-0.15, -0.1) is 0 Å². The zero-order chi connectivity index (χ0) is 31.0. The molecule has 0 spiro atoms. The van der Waals surface area contributed by atoms with Crippen molar-refractivity contribution in [3.05, 3.63) is 76.6 Å². The summed E-state index contributed by atoms with van der Waals surface area (Å²) in [6.45, 7) is -0.0478. The van der Waals surface area contributed by atoms with E-state index >= 15 is 0 Å². The Morgan fingerprint density at radius 3 is 2.67 bits per heavy atom. The Balaban J connectivity index is 1.32. The second kappa shape index (κ2) is 14.9. The van der Waals surface area contributed by atoms with Crippen molar-refractivity contribution < 1.29 is 31.9 Å². The molecule has 1 aliphatic carbocycles. The fourth-order valence-electron chi connectivity index (χ4n) is 5.35. The lowest BCUT2D eigenvalue weighted by Crippen LogP contribution is -2.45. The van der Waals surface area contributed by atoms with E-state index in [1.807, 2.05) is 0 Å². The van der Waals surface area contributed by atoms with Gasteiger partial charge in [0, 0.05) is 50.1 Å². The number of esters is 1. The smallest absolute Gasteiger partial charge is 0.317 e. The number of fused-ring (bicyclic) bond motifs is 1. The molecule has 11 heteroatoms. The molecule has 4 rings (SSSR count). The number of ether oxygens (including phenoxy) is 1. The molecule has 43 heavy (non-hydrogen) atoms. The number of carbonyl (C=O) groups is 2. The fraction of sp³-hybridized carbons (Fsp3) is 0.469. The minimum atomic E-state index is -2.59. The van der Waals surface area contributed by atoms with Crippen molar-refractivity contribution >= 4 is 34.4 Å². The molecule has 0 aliphatic heterocycles. The molecule has 1 saturated carbocycles. The van der Waals surface area contributed by atoms with E-state index in [-0.39, 0.29) is 49.2 Å². The molecule has 0 unspecified atom stereocenters. The summed E-state index contributed by atoms with van der Waals surface area (Å²) in [5, 5.41) is 4.13. The molecule has 3 aromatic rings. The van der Waals surface area contributed by atoms with E-state index in [0.29, 0.717) is 48.7 Å². The van der Waals surface area contributed by atoms with Crippen LogP contribution in [0.5, 0.6) is 0 Å². The number of nitrogens with zero attached hydrogens (tertiary/aromatic N) is 2. The van der Waals surface area contributed by atoms with Crippen LogP contribution in [0.1, 0.15) is 62.6 Å². The van der Waals surface area contributed by atoms with E-state index in [9.17, 15) is 27.2 Å². The SMILES string of the molecule is CN(C(=O)NCc1cccc(F)c1Cl)[C@@H](CCCC1CCC(F)(F)CC1)COC(=O)CCc1cc2cc(F)ccc2cn1. The van der Waals surface area contributed by atoms with Crippen molar-refractivity contribution in [1.82, 2.24) is 15.2 Å². The average Bonchev–Trinajstić information content (AvgIpc) is 2.98. The van der Waals surface area contributed by atoms with Crippen LogP contribution >= 0.6 is 11.6 Å². The van der Waals surface area contributed by atoms with Gasteiger partial charge in [0.25, 0.3) is 0 Å². The molecule has 0 radical (unpaired) electrons. The van der Waals surface area contributed by atoms with Gasteiger partial charge in [-0.05, 0) is 66.5 Å². The first-order valence-corrected chi connectivity index (χ1v) is 14.9. The van der Waals surface area contributed by atoms with Crippen LogP contribution in [0, 0.1) is 17.6 Å². The lowest BCUT2D eigenvalue weighted by atomic mass is 9.83. The van der Waals surface area contributed by atoms with Gasteiger partial charge >= 0.3 is 12.0 Å². The molecule has 2 amide bonds. The van der Waals surface area contributed by atoms with Crippen LogP contribution in [0.2, 0.25) is 5.02 Å². The van der Waals surface area contributed by atoms with E-state index in [2.05, 4.69) is 10.3 Å². The summed E-state index contributed by atoms with van der Waals surface area (Å²) in [7, 11) is 1.58. The number of aromatic nitrogens is 1. The number of benzene rings is 2. The van der Waals surface area contributed by atoms with E-state index in [0.717, 1.165) is 11.8 Å². The number of amides is 2. The summed E-state index contributed by atoms with van der Waals surface area (Å²) in [6.07, 6.45) is 4.60. The van der Waals surface area contributed by atoms with Gasteiger partial charge in [-0.25, -0.2) is 22.4 Å². The number of hydrogen-bond acceptors (Lipinski definition) is 4. The minimum absolute atomic E-state index is 0.00518. The monoisotopic (exact) mass is 621 g/mol. The number of rotatable bonds is 12. The van der Waals surface area contributed by atoms with Crippen molar-refractivity contribution in [2.75, 3.05) is 13.7 Å². The Bertz CT molecular complexity index is 1410. The Labute approximate surface area is 253 Å². The van der Waals surface area contributed by atoms with Gasteiger partial charge in [0.15, 0.2) is 0 Å². The number of likely N-dealkylation sites (N-methyl/N-ethyl adjacent to an activating group) is 1. The summed E-state index contributed by atoms with van der Waals surface area (Å²) in [4.78, 5) is 31.4. The van der Waals surface area contributed by atoms with Crippen LogP contribution in [0.25, 0.3) is 10.8 Å². The largest absolute Gasteiger partial charge is 0.463 e. The maximum Gasteiger partial charge on any atom is 0.317 e. The average molecular weight is 622 g/mol. The van der Waals surface area contributed by atoms with Crippen molar-refractivity contribution in [3.63, 3.8) is 0 Å². The summed E-state index contributed by atoms with van der Waals surface area (Å²) >= 11 is 6.01. The van der Waals surface area contributed by atoms with Crippen molar-refractivity contribution in [1.29, 1.82) is 0 Å². The van der Waals surface area contributed by atoms with Crippen LogP contribution in [-0.4, -0.2) is 47.5 Å². The van der Waals surface area contributed by atoms with Crippen molar-refractivity contribution in [2.45, 2.75) is 76.3 Å². The highest BCUT2D eigenvalue weighted by molar-refractivity contribution is 6.31. The zero-order valence-electron chi connectivity index (χ0n) is 24.1. The van der Waals surface area contributed by atoms with Crippen LogP contribution in [0.4, 0.5) is 22.4 Å². The van der Waals surface area contributed by atoms with Crippen LogP contribution < -0.4 is 5.32 Å². The highest BCUT2D eigenvalue weighted by Crippen LogP contribution is 2.38.